The Morgan fingerprint density at radius 3 is 1.75 bits per heavy atom. The van der Waals surface area contributed by atoms with E-state index in [1.165, 1.54) is 0 Å². The molecule has 0 spiro atoms. The molecule has 9 rings (SSSR count). The van der Waals surface area contributed by atoms with E-state index in [0.717, 1.165) is 60.7 Å². The van der Waals surface area contributed by atoms with Crippen LogP contribution < -0.4 is 4.90 Å². The van der Waals surface area contributed by atoms with Gasteiger partial charge in [0.25, 0.3) is 0 Å². The van der Waals surface area contributed by atoms with Gasteiger partial charge in [-0.1, -0.05) is 139 Å². The number of benzene rings is 8. The van der Waals surface area contributed by atoms with Crippen molar-refractivity contribution in [3.63, 3.8) is 0 Å². The SMILES string of the molecule is [2H]c1c([2H])c(N(c2ccccc2)c2ccc(-c3cccc4oc5c6ccccc6ccc5c34)cc2)c([2H])c([2H])c1-c1ccc(-c2ccccc2)cc1. The molecule has 0 bridgehead atoms. The zero-order valence-corrected chi connectivity index (χ0v) is 25.9. The maximum absolute atomic E-state index is 9.27. The van der Waals surface area contributed by atoms with Gasteiger partial charge in [-0.2, -0.15) is 0 Å². The van der Waals surface area contributed by atoms with E-state index in [0.29, 0.717) is 11.3 Å². The molecule has 0 aliphatic rings. The van der Waals surface area contributed by atoms with Crippen molar-refractivity contribution in [3.05, 3.63) is 188 Å². The Balaban J connectivity index is 1.15. The van der Waals surface area contributed by atoms with Crippen LogP contribution in [0.4, 0.5) is 17.1 Å². The number of anilines is 3. The lowest BCUT2D eigenvalue weighted by Gasteiger charge is -2.26. The molecule has 2 heteroatoms. The summed E-state index contributed by atoms with van der Waals surface area (Å²) in [6.07, 6.45) is 0. The molecule has 0 saturated heterocycles. The summed E-state index contributed by atoms with van der Waals surface area (Å²) in [4.78, 5) is 1.81. The molecule has 0 amide bonds. The van der Waals surface area contributed by atoms with Gasteiger partial charge in [0.05, 0.1) is 5.48 Å². The summed E-state index contributed by atoms with van der Waals surface area (Å²) in [6.45, 7) is 0. The summed E-state index contributed by atoms with van der Waals surface area (Å²) >= 11 is 0. The van der Waals surface area contributed by atoms with E-state index in [-0.39, 0.29) is 35.4 Å². The molecule has 226 valence electrons. The van der Waals surface area contributed by atoms with Gasteiger partial charge in [-0.25, -0.2) is 0 Å². The van der Waals surface area contributed by atoms with E-state index in [1.54, 1.807) is 0 Å². The second-order valence-corrected chi connectivity index (χ2v) is 11.8. The molecule has 8 aromatic carbocycles. The maximum Gasteiger partial charge on any atom is 0.143 e. The van der Waals surface area contributed by atoms with Gasteiger partial charge in [0.1, 0.15) is 11.2 Å². The van der Waals surface area contributed by atoms with Crippen LogP contribution in [-0.2, 0) is 0 Å². The first-order valence-electron chi connectivity index (χ1n) is 18.0. The third-order valence-electron chi connectivity index (χ3n) is 8.95. The van der Waals surface area contributed by atoms with Crippen molar-refractivity contribution in [1.82, 2.24) is 0 Å². The second-order valence-electron chi connectivity index (χ2n) is 11.8. The van der Waals surface area contributed by atoms with Crippen LogP contribution in [0.3, 0.4) is 0 Å². The van der Waals surface area contributed by atoms with Gasteiger partial charge in [-0.15, -0.1) is 0 Å². The van der Waals surface area contributed by atoms with Gasteiger partial charge in [-0.3, -0.25) is 0 Å². The van der Waals surface area contributed by atoms with Crippen LogP contribution in [0.2, 0.25) is 0 Å². The molecule has 1 aromatic heterocycles. The Kier molecular flexibility index (Phi) is 5.85. The summed E-state index contributed by atoms with van der Waals surface area (Å²) in [5, 5.41) is 4.30. The van der Waals surface area contributed by atoms with Crippen LogP contribution in [0.1, 0.15) is 5.48 Å². The highest BCUT2D eigenvalue weighted by Crippen LogP contribution is 2.41. The number of hydrogen-bond acceptors (Lipinski definition) is 2. The van der Waals surface area contributed by atoms with Crippen LogP contribution in [-0.4, -0.2) is 0 Å². The fourth-order valence-corrected chi connectivity index (χ4v) is 6.59. The van der Waals surface area contributed by atoms with Crippen LogP contribution in [0.5, 0.6) is 0 Å². The minimum atomic E-state index is -0.113. The standard InChI is InChI=1S/C46H31NO/c1-3-10-32(11-4-1)33-18-20-34(21-19-33)35-22-27-39(28-23-35)47(38-13-5-2-6-14-38)40-29-24-37(25-30-40)41-16-9-17-44-45(41)43-31-26-36-12-7-8-15-42(36)46(43)48-44/h1-31H/i22D,23D,27D,28D. The molecule has 48 heavy (non-hydrogen) atoms. The minimum absolute atomic E-state index is 0.0907. The third kappa shape index (κ3) is 4.92. The van der Waals surface area contributed by atoms with Crippen LogP contribution in [0.25, 0.3) is 66.1 Å². The first kappa shape index (κ1) is 23.9. The largest absolute Gasteiger partial charge is 0.455 e. The van der Waals surface area contributed by atoms with Crippen molar-refractivity contribution in [2.45, 2.75) is 0 Å². The summed E-state index contributed by atoms with van der Waals surface area (Å²) < 4.78 is 43.3. The van der Waals surface area contributed by atoms with Crippen LogP contribution in [0.15, 0.2) is 192 Å². The van der Waals surface area contributed by atoms with Gasteiger partial charge in [0, 0.05) is 33.2 Å². The number of fused-ring (bicyclic) bond motifs is 5. The molecule has 0 fully saturated rings. The zero-order valence-electron chi connectivity index (χ0n) is 29.9. The highest BCUT2D eigenvalue weighted by atomic mass is 16.3. The van der Waals surface area contributed by atoms with Gasteiger partial charge in [-0.05, 0) is 87.2 Å². The molecule has 0 saturated carbocycles. The fourth-order valence-electron chi connectivity index (χ4n) is 6.59. The first-order valence-corrected chi connectivity index (χ1v) is 16.0. The Morgan fingerprint density at radius 2 is 1.00 bits per heavy atom. The molecule has 1 heterocycles. The lowest BCUT2D eigenvalue weighted by atomic mass is 9.98. The second kappa shape index (κ2) is 11.8. The molecule has 0 atom stereocenters. The summed E-state index contributed by atoms with van der Waals surface area (Å²) in [5.74, 6) is 0. The van der Waals surface area contributed by atoms with Crippen molar-refractivity contribution in [3.8, 4) is 33.4 Å². The van der Waals surface area contributed by atoms with E-state index in [1.807, 2.05) is 138 Å². The van der Waals surface area contributed by atoms with Gasteiger partial charge < -0.3 is 9.32 Å². The number of nitrogens with zero attached hydrogens (tertiary/aromatic N) is 1. The third-order valence-corrected chi connectivity index (χ3v) is 8.95. The molecule has 0 N–H and O–H groups in total. The molecular weight excluding hydrogens is 583 g/mol. The number of hydrogen-bond donors (Lipinski definition) is 0. The van der Waals surface area contributed by atoms with Gasteiger partial charge >= 0.3 is 0 Å². The van der Waals surface area contributed by atoms with E-state index < -0.39 is 0 Å². The predicted molar refractivity (Wildman–Crippen MR) is 202 cm³/mol. The quantitative estimate of drug-likeness (QED) is 0.185. The average molecular weight is 618 g/mol. The Labute approximate surface area is 285 Å². The smallest absolute Gasteiger partial charge is 0.143 e. The fraction of sp³-hybridized carbons (Fsp3) is 0. The monoisotopic (exact) mass is 617 g/mol. The summed E-state index contributed by atoms with van der Waals surface area (Å²) in [7, 11) is 0. The molecule has 0 radical (unpaired) electrons. The van der Waals surface area contributed by atoms with Crippen molar-refractivity contribution in [1.29, 1.82) is 0 Å². The van der Waals surface area contributed by atoms with Crippen LogP contribution in [0, 0.1) is 0 Å². The van der Waals surface area contributed by atoms with Gasteiger partial charge in [0.15, 0.2) is 0 Å². The number of furan rings is 1. The van der Waals surface area contributed by atoms with Crippen molar-refractivity contribution in [2.24, 2.45) is 0 Å². The molecule has 2 nitrogen and oxygen atoms in total. The van der Waals surface area contributed by atoms with E-state index in [9.17, 15) is 2.74 Å². The number of rotatable bonds is 6. The summed E-state index contributed by atoms with van der Waals surface area (Å²) in [5.41, 5.74) is 8.33. The van der Waals surface area contributed by atoms with Crippen molar-refractivity contribution >= 4 is 49.8 Å². The maximum atomic E-state index is 9.27. The molecule has 9 aromatic rings. The normalized spacial score (nSPS) is 12.5. The van der Waals surface area contributed by atoms with Crippen molar-refractivity contribution < 1.29 is 9.90 Å². The average Bonchev–Trinajstić information content (AvgIpc) is 3.60. The zero-order chi connectivity index (χ0) is 35.3. The Morgan fingerprint density at radius 1 is 0.396 bits per heavy atom. The molecule has 0 aliphatic heterocycles. The van der Waals surface area contributed by atoms with E-state index >= 15 is 0 Å². The Hall–Kier alpha value is -6.38. The minimum Gasteiger partial charge on any atom is -0.455 e. The van der Waals surface area contributed by atoms with Crippen molar-refractivity contribution in [2.75, 3.05) is 4.90 Å². The lowest BCUT2D eigenvalue weighted by molar-refractivity contribution is 0.673. The lowest BCUT2D eigenvalue weighted by Crippen LogP contribution is -2.09. The Bertz CT molecular complexity index is 2730. The first-order chi connectivity index (χ1) is 25.5. The van der Waals surface area contributed by atoms with Crippen LogP contribution >= 0.6 is 0 Å². The summed E-state index contributed by atoms with van der Waals surface area (Å²) in [6, 6.07) is 53.5. The molecule has 0 unspecified atom stereocenters. The van der Waals surface area contributed by atoms with E-state index in [4.69, 9.17) is 7.16 Å². The topological polar surface area (TPSA) is 16.4 Å². The number of para-hydroxylation sites is 1. The van der Waals surface area contributed by atoms with E-state index in [2.05, 4.69) is 30.3 Å². The highest BCUT2D eigenvalue weighted by molar-refractivity contribution is 6.19. The predicted octanol–water partition coefficient (Wildman–Crippen LogP) is 13.2. The van der Waals surface area contributed by atoms with Gasteiger partial charge in [0.2, 0.25) is 0 Å². The molecular formula is C46H31NO. The highest BCUT2D eigenvalue weighted by Gasteiger charge is 2.16. The molecule has 0 aliphatic carbocycles.